The first-order valence-corrected chi connectivity index (χ1v) is 11.4. The van der Waals surface area contributed by atoms with Gasteiger partial charge in [0.05, 0.1) is 11.1 Å². The summed E-state index contributed by atoms with van der Waals surface area (Å²) in [4.78, 5) is 36.9. The Morgan fingerprint density at radius 1 is 1.25 bits per heavy atom. The van der Waals surface area contributed by atoms with E-state index in [1.807, 2.05) is 44.2 Å². The minimum atomic E-state index is -0.0804. The zero-order valence-electron chi connectivity index (χ0n) is 16.0. The monoisotopic (exact) mass is 413 g/mol. The Balaban J connectivity index is 1.55. The van der Waals surface area contributed by atoms with Gasteiger partial charge in [0.2, 0.25) is 5.91 Å². The van der Waals surface area contributed by atoms with E-state index in [1.165, 1.54) is 28.6 Å². The molecule has 3 aromatic rings. The number of aromatic nitrogens is 2. The van der Waals surface area contributed by atoms with Gasteiger partial charge in [-0.2, -0.15) is 0 Å². The van der Waals surface area contributed by atoms with Gasteiger partial charge in [0.1, 0.15) is 4.83 Å². The number of benzene rings is 1. The Hall–Kier alpha value is -2.12. The largest absolute Gasteiger partial charge is 0.309 e. The van der Waals surface area contributed by atoms with Crippen LogP contribution in [0.15, 0.2) is 40.3 Å². The van der Waals surface area contributed by atoms with Crippen LogP contribution in [-0.2, 0) is 17.6 Å². The Morgan fingerprint density at radius 2 is 2.00 bits per heavy atom. The van der Waals surface area contributed by atoms with Crippen LogP contribution in [-0.4, -0.2) is 27.7 Å². The number of thiophene rings is 1. The van der Waals surface area contributed by atoms with Crippen molar-refractivity contribution in [1.29, 1.82) is 0 Å². The van der Waals surface area contributed by atoms with Crippen molar-refractivity contribution in [2.75, 3.05) is 10.7 Å². The van der Waals surface area contributed by atoms with Crippen LogP contribution in [0.2, 0.25) is 0 Å². The first-order chi connectivity index (χ1) is 13.5. The number of nitrogens with zero attached hydrogens (tertiary/aromatic N) is 2. The lowest BCUT2D eigenvalue weighted by Crippen LogP contribution is -2.38. The van der Waals surface area contributed by atoms with Gasteiger partial charge in [-0.25, -0.2) is 4.98 Å². The number of H-pyrrole nitrogens is 1. The van der Waals surface area contributed by atoms with Gasteiger partial charge in [0, 0.05) is 16.6 Å². The summed E-state index contributed by atoms with van der Waals surface area (Å²) in [5, 5.41) is 1.27. The van der Waals surface area contributed by atoms with E-state index in [-0.39, 0.29) is 23.3 Å². The minimum Gasteiger partial charge on any atom is -0.309 e. The lowest BCUT2D eigenvalue weighted by atomic mass is 9.97. The van der Waals surface area contributed by atoms with Crippen molar-refractivity contribution in [1.82, 2.24) is 9.97 Å². The summed E-state index contributed by atoms with van der Waals surface area (Å²) < 4.78 is 0. The van der Waals surface area contributed by atoms with Gasteiger partial charge in [-0.3, -0.25) is 9.59 Å². The molecule has 4 rings (SSSR count). The molecule has 1 amide bonds. The van der Waals surface area contributed by atoms with Crippen molar-refractivity contribution in [2.24, 2.45) is 0 Å². The Bertz CT molecular complexity index is 1060. The molecule has 0 unspecified atom stereocenters. The number of hydrogen-bond donors (Lipinski definition) is 1. The summed E-state index contributed by atoms with van der Waals surface area (Å²) in [7, 11) is 0. The number of hydrogen-bond acceptors (Lipinski definition) is 5. The highest BCUT2D eigenvalue weighted by Gasteiger charge is 2.22. The lowest BCUT2D eigenvalue weighted by Gasteiger charge is -2.26. The van der Waals surface area contributed by atoms with Crippen LogP contribution < -0.4 is 10.5 Å². The molecule has 7 heteroatoms. The molecule has 0 fully saturated rings. The molecule has 1 aliphatic carbocycles. The smallest absolute Gasteiger partial charge is 0.260 e. The summed E-state index contributed by atoms with van der Waals surface area (Å²) in [6.07, 6.45) is 4.31. The Labute approximate surface area is 172 Å². The number of fused-ring (bicyclic) bond motifs is 3. The van der Waals surface area contributed by atoms with E-state index in [4.69, 9.17) is 0 Å². The molecule has 146 valence electrons. The average Bonchev–Trinajstić information content (AvgIpc) is 3.06. The molecule has 0 spiro atoms. The van der Waals surface area contributed by atoms with E-state index in [0.717, 1.165) is 35.2 Å². The number of rotatable bonds is 5. The number of nitrogens with one attached hydrogen (secondary N) is 1. The number of para-hydroxylation sites is 1. The number of aromatic amines is 1. The van der Waals surface area contributed by atoms with Crippen molar-refractivity contribution >= 4 is 44.9 Å². The van der Waals surface area contributed by atoms with Gasteiger partial charge in [-0.1, -0.05) is 30.0 Å². The molecule has 5 nitrogen and oxygen atoms in total. The van der Waals surface area contributed by atoms with E-state index in [9.17, 15) is 9.59 Å². The number of aryl methyl sites for hydroxylation is 2. The summed E-state index contributed by atoms with van der Waals surface area (Å²) in [6.45, 7) is 4.00. The number of amides is 1. The minimum absolute atomic E-state index is 0.000537. The third-order valence-corrected chi connectivity index (χ3v) is 7.00. The standard InChI is InChI=1S/C21H23N3O2S2/c1-13(2)24(14-8-4-3-5-9-14)17(25)12-27-21-22-19(26)18-15-10-6-7-11-16(15)28-20(18)23-21/h3-5,8-9,13H,6-7,10-12H2,1-2H3,(H,22,23,26). The topological polar surface area (TPSA) is 66.1 Å². The molecule has 1 aromatic carbocycles. The van der Waals surface area contributed by atoms with E-state index >= 15 is 0 Å². The molecule has 0 saturated heterocycles. The Morgan fingerprint density at radius 3 is 2.75 bits per heavy atom. The molecule has 0 saturated carbocycles. The van der Waals surface area contributed by atoms with Crippen molar-refractivity contribution < 1.29 is 4.79 Å². The highest BCUT2D eigenvalue weighted by atomic mass is 32.2. The molecule has 0 aliphatic heterocycles. The molecular weight excluding hydrogens is 390 g/mol. The fourth-order valence-electron chi connectivity index (χ4n) is 3.73. The average molecular weight is 414 g/mol. The molecule has 0 bridgehead atoms. The second kappa shape index (κ2) is 8.09. The fourth-order valence-corrected chi connectivity index (χ4v) is 5.77. The maximum atomic E-state index is 12.9. The van der Waals surface area contributed by atoms with Gasteiger partial charge >= 0.3 is 0 Å². The van der Waals surface area contributed by atoms with Crippen molar-refractivity contribution in [3.8, 4) is 0 Å². The molecule has 0 atom stereocenters. The first-order valence-electron chi connectivity index (χ1n) is 9.59. The third-order valence-electron chi connectivity index (χ3n) is 4.96. The molecule has 1 N–H and O–H groups in total. The van der Waals surface area contributed by atoms with Crippen LogP contribution in [0.4, 0.5) is 5.69 Å². The van der Waals surface area contributed by atoms with Crippen LogP contribution >= 0.6 is 23.1 Å². The number of thioether (sulfide) groups is 1. The van der Waals surface area contributed by atoms with E-state index in [2.05, 4.69) is 9.97 Å². The maximum absolute atomic E-state index is 12.9. The summed E-state index contributed by atoms with van der Waals surface area (Å²) in [6, 6.07) is 9.71. The number of carbonyl (C=O) groups is 1. The van der Waals surface area contributed by atoms with Crippen molar-refractivity contribution in [3.63, 3.8) is 0 Å². The summed E-state index contributed by atoms with van der Waals surface area (Å²) >= 11 is 2.92. The van der Waals surface area contributed by atoms with E-state index in [0.29, 0.717) is 5.16 Å². The van der Waals surface area contributed by atoms with Crippen LogP contribution in [0.25, 0.3) is 10.2 Å². The zero-order valence-corrected chi connectivity index (χ0v) is 17.7. The molecule has 1 aliphatic rings. The van der Waals surface area contributed by atoms with Crippen LogP contribution in [0.1, 0.15) is 37.1 Å². The van der Waals surface area contributed by atoms with E-state index in [1.54, 1.807) is 16.2 Å². The molecule has 0 radical (unpaired) electrons. The normalized spacial score (nSPS) is 13.7. The number of anilines is 1. The molecule has 2 aromatic heterocycles. The zero-order chi connectivity index (χ0) is 19.7. The van der Waals surface area contributed by atoms with Crippen LogP contribution in [0, 0.1) is 0 Å². The van der Waals surface area contributed by atoms with Crippen molar-refractivity contribution in [2.45, 2.75) is 50.7 Å². The quantitative estimate of drug-likeness (QED) is 0.497. The first kappa shape index (κ1) is 19.2. The molecule has 28 heavy (non-hydrogen) atoms. The van der Waals surface area contributed by atoms with Gasteiger partial charge in [0.25, 0.3) is 5.56 Å². The predicted octanol–water partition coefficient (Wildman–Crippen LogP) is 4.40. The summed E-state index contributed by atoms with van der Waals surface area (Å²) in [5.74, 6) is 0.228. The highest BCUT2D eigenvalue weighted by molar-refractivity contribution is 7.99. The maximum Gasteiger partial charge on any atom is 0.260 e. The fraction of sp³-hybridized carbons (Fsp3) is 0.381. The van der Waals surface area contributed by atoms with Crippen LogP contribution in [0.3, 0.4) is 0 Å². The predicted molar refractivity (Wildman–Crippen MR) is 117 cm³/mol. The van der Waals surface area contributed by atoms with Gasteiger partial charge < -0.3 is 9.88 Å². The van der Waals surface area contributed by atoms with Crippen LogP contribution in [0.5, 0.6) is 0 Å². The highest BCUT2D eigenvalue weighted by Crippen LogP contribution is 2.34. The molecule has 2 heterocycles. The summed E-state index contributed by atoms with van der Waals surface area (Å²) in [5.41, 5.74) is 1.98. The van der Waals surface area contributed by atoms with Gasteiger partial charge in [0.15, 0.2) is 5.16 Å². The van der Waals surface area contributed by atoms with Gasteiger partial charge in [-0.05, 0) is 57.2 Å². The molecular formula is C21H23N3O2S2. The SMILES string of the molecule is CC(C)N(C(=O)CSc1nc2sc3c(c2c(=O)[nH]1)CCCC3)c1ccccc1. The third kappa shape index (κ3) is 3.73. The second-order valence-corrected chi connectivity index (χ2v) is 9.29. The van der Waals surface area contributed by atoms with Gasteiger partial charge in [-0.15, -0.1) is 11.3 Å². The Kier molecular flexibility index (Phi) is 5.55. The second-order valence-electron chi connectivity index (χ2n) is 7.24. The van der Waals surface area contributed by atoms with E-state index < -0.39 is 0 Å². The lowest BCUT2D eigenvalue weighted by molar-refractivity contribution is -0.116. The number of carbonyl (C=O) groups excluding carboxylic acids is 1. The van der Waals surface area contributed by atoms with Crippen molar-refractivity contribution in [3.05, 3.63) is 51.1 Å².